The molecule has 1 atom stereocenters. The second-order valence-corrected chi connectivity index (χ2v) is 8.70. The Balaban J connectivity index is 3.60. The van der Waals surface area contributed by atoms with Crippen molar-refractivity contribution in [3.05, 3.63) is 0 Å². The van der Waals surface area contributed by atoms with E-state index in [9.17, 15) is 4.57 Å². The molecule has 0 amide bonds. The van der Waals surface area contributed by atoms with E-state index >= 15 is 0 Å². The maximum absolute atomic E-state index is 10.7. The van der Waals surface area contributed by atoms with Crippen LogP contribution in [0.2, 0.25) is 19.6 Å². The van der Waals surface area contributed by atoms with E-state index in [2.05, 4.69) is 0 Å². The van der Waals surface area contributed by atoms with Gasteiger partial charge in [0.25, 0.3) is 8.32 Å². The molecule has 0 aromatic carbocycles. The summed E-state index contributed by atoms with van der Waals surface area (Å²) in [4.78, 5) is 0. The average Bonchev–Trinajstić information content (AvgIpc) is 1.62. The van der Waals surface area contributed by atoms with Crippen LogP contribution in [0.25, 0.3) is 0 Å². The van der Waals surface area contributed by atoms with Crippen LogP contribution in [-0.4, -0.2) is 14.6 Å². The second kappa shape index (κ2) is 3.42. The van der Waals surface area contributed by atoms with Crippen molar-refractivity contribution in [2.75, 3.05) is 6.29 Å². The molecule has 0 aliphatic rings. The van der Waals surface area contributed by atoms with Crippen LogP contribution >= 0.6 is 8.03 Å². The van der Waals surface area contributed by atoms with E-state index in [1.807, 2.05) is 19.6 Å². The molecule has 0 radical (unpaired) electrons. The average molecular weight is 166 g/mol. The minimum atomic E-state index is -1.60. The van der Waals surface area contributed by atoms with Gasteiger partial charge in [0.15, 0.2) is 0 Å². The van der Waals surface area contributed by atoms with Gasteiger partial charge in [-0.2, -0.15) is 0 Å². The lowest BCUT2D eigenvalue weighted by Crippen LogP contribution is -2.22. The minimum Gasteiger partial charge on any atom is -0.288 e. The van der Waals surface area contributed by atoms with Crippen molar-refractivity contribution in [3.63, 3.8) is 0 Å². The highest BCUT2D eigenvalue weighted by molar-refractivity contribution is 7.41. The highest BCUT2D eigenvalue weighted by Crippen LogP contribution is 2.24. The summed E-state index contributed by atoms with van der Waals surface area (Å²) >= 11 is 0. The van der Waals surface area contributed by atoms with Crippen molar-refractivity contribution in [1.82, 2.24) is 0 Å². The summed E-state index contributed by atoms with van der Waals surface area (Å²) in [5, 5.41) is 0. The van der Waals surface area contributed by atoms with Gasteiger partial charge in [0.05, 0.1) is 0 Å². The van der Waals surface area contributed by atoms with E-state index in [-0.39, 0.29) is 6.29 Å². The summed E-state index contributed by atoms with van der Waals surface area (Å²) in [5.41, 5.74) is 5.09. The molecule has 0 aliphatic carbocycles. The third kappa shape index (κ3) is 6.12. The first-order valence-electron chi connectivity index (χ1n) is 2.79. The Bertz CT molecular complexity index is 112. The first-order valence-corrected chi connectivity index (χ1v) is 7.56. The molecule has 0 aliphatic heterocycles. The molecule has 0 aromatic heterocycles. The lowest BCUT2D eigenvalue weighted by molar-refractivity contribution is 0.505. The Labute approximate surface area is 57.6 Å². The third-order valence-electron chi connectivity index (χ3n) is 0.525. The summed E-state index contributed by atoms with van der Waals surface area (Å²) < 4.78 is 15.8. The van der Waals surface area contributed by atoms with E-state index in [4.69, 9.17) is 9.95 Å². The Morgan fingerprint density at radius 2 is 2.00 bits per heavy atom. The van der Waals surface area contributed by atoms with Crippen LogP contribution in [0, 0.1) is 0 Å². The lowest BCUT2D eigenvalue weighted by atomic mass is 11.6. The predicted octanol–water partition coefficient (Wildman–Crippen LogP) is 1.50. The van der Waals surface area contributed by atoms with Gasteiger partial charge in [-0.1, -0.05) is 0 Å². The minimum absolute atomic E-state index is 0.138. The predicted molar refractivity (Wildman–Crippen MR) is 41.1 cm³/mol. The molecule has 0 saturated heterocycles. The summed E-state index contributed by atoms with van der Waals surface area (Å²) in [6, 6.07) is 0. The molecule has 2 N–H and O–H groups in total. The van der Waals surface area contributed by atoms with E-state index < -0.39 is 16.3 Å². The van der Waals surface area contributed by atoms with Gasteiger partial charge in [0.1, 0.15) is 0 Å². The molecule has 0 heterocycles. The molecule has 0 fully saturated rings. The molecule has 0 bridgehead atoms. The standard InChI is InChI=1S/C4H13NO2PSi/c1-9(2,3)7-8(6)4-5/h4-5H2,1-3H3/q+1. The van der Waals surface area contributed by atoms with Gasteiger partial charge in [0.2, 0.25) is 6.29 Å². The fourth-order valence-corrected chi connectivity index (χ4v) is 3.08. The van der Waals surface area contributed by atoms with Crippen molar-refractivity contribution in [1.29, 1.82) is 0 Å². The smallest absolute Gasteiger partial charge is 0.288 e. The Morgan fingerprint density at radius 1 is 1.56 bits per heavy atom. The molecule has 5 heteroatoms. The maximum atomic E-state index is 10.7. The number of hydrogen-bond donors (Lipinski definition) is 1. The molecule has 0 rings (SSSR count). The van der Waals surface area contributed by atoms with Crippen molar-refractivity contribution < 1.29 is 8.78 Å². The lowest BCUT2D eigenvalue weighted by Gasteiger charge is -2.04. The van der Waals surface area contributed by atoms with Gasteiger partial charge < -0.3 is 0 Å². The van der Waals surface area contributed by atoms with Gasteiger partial charge in [-0.3, -0.25) is 5.73 Å². The molecule has 0 saturated carbocycles. The van der Waals surface area contributed by atoms with Gasteiger partial charge in [-0.05, 0) is 24.2 Å². The monoisotopic (exact) mass is 166 g/mol. The van der Waals surface area contributed by atoms with Gasteiger partial charge in [-0.15, -0.1) is 0 Å². The topological polar surface area (TPSA) is 52.3 Å². The Hall–Kier alpha value is 0.237. The highest BCUT2D eigenvalue weighted by atomic mass is 31.1. The summed E-state index contributed by atoms with van der Waals surface area (Å²) in [6.07, 6.45) is 0.138. The fourth-order valence-electron chi connectivity index (χ4n) is 0.343. The Kier molecular flexibility index (Phi) is 3.51. The SMILES string of the molecule is C[Si](C)(C)O[P+](=O)CN. The van der Waals surface area contributed by atoms with E-state index in [0.717, 1.165) is 0 Å². The zero-order valence-electron chi connectivity index (χ0n) is 6.05. The van der Waals surface area contributed by atoms with E-state index in [1.165, 1.54) is 0 Å². The van der Waals surface area contributed by atoms with Crippen LogP contribution in [0.1, 0.15) is 0 Å². The normalized spacial score (nSPS) is 13.6. The van der Waals surface area contributed by atoms with Gasteiger partial charge >= 0.3 is 8.03 Å². The largest absolute Gasteiger partial charge is 0.511 e. The fraction of sp³-hybridized carbons (Fsp3) is 1.00. The summed E-state index contributed by atoms with van der Waals surface area (Å²) in [6.45, 7) is 5.95. The molecule has 0 spiro atoms. The van der Waals surface area contributed by atoms with Crippen LogP contribution in [0.3, 0.4) is 0 Å². The molecular weight excluding hydrogens is 153 g/mol. The van der Waals surface area contributed by atoms with Crippen molar-refractivity contribution in [3.8, 4) is 0 Å². The quantitative estimate of drug-likeness (QED) is 0.510. The number of nitrogens with two attached hydrogens (primary N) is 1. The first kappa shape index (κ1) is 9.24. The molecule has 9 heavy (non-hydrogen) atoms. The number of hydrogen-bond acceptors (Lipinski definition) is 3. The maximum Gasteiger partial charge on any atom is 0.511 e. The van der Waals surface area contributed by atoms with Crippen molar-refractivity contribution >= 4 is 16.3 Å². The van der Waals surface area contributed by atoms with Crippen molar-refractivity contribution in [2.45, 2.75) is 19.6 Å². The zero-order valence-corrected chi connectivity index (χ0v) is 7.94. The van der Waals surface area contributed by atoms with Crippen LogP contribution in [-0.2, 0) is 8.78 Å². The van der Waals surface area contributed by atoms with Crippen LogP contribution in [0.5, 0.6) is 0 Å². The third-order valence-corrected chi connectivity index (χ3v) is 3.83. The van der Waals surface area contributed by atoms with Crippen LogP contribution in [0.15, 0.2) is 0 Å². The highest BCUT2D eigenvalue weighted by Gasteiger charge is 2.27. The molecular formula is C4H13NO2PSi+. The van der Waals surface area contributed by atoms with Crippen LogP contribution < -0.4 is 5.73 Å². The van der Waals surface area contributed by atoms with Crippen molar-refractivity contribution in [2.24, 2.45) is 5.73 Å². The van der Waals surface area contributed by atoms with E-state index in [0.29, 0.717) is 0 Å². The van der Waals surface area contributed by atoms with Gasteiger partial charge in [0, 0.05) is 0 Å². The molecule has 0 aromatic rings. The number of rotatable bonds is 3. The molecule has 3 nitrogen and oxygen atoms in total. The zero-order chi connectivity index (χ0) is 7.49. The molecule has 54 valence electrons. The summed E-state index contributed by atoms with van der Waals surface area (Å²) in [5.74, 6) is 0. The second-order valence-electron chi connectivity index (χ2n) is 2.72. The summed E-state index contributed by atoms with van der Waals surface area (Å²) in [7, 11) is -3.18. The first-order chi connectivity index (χ1) is 3.95. The Morgan fingerprint density at radius 3 is 2.11 bits per heavy atom. The van der Waals surface area contributed by atoms with Crippen LogP contribution in [0.4, 0.5) is 0 Å². The van der Waals surface area contributed by atoms with Gasteiger partial charge in [-0.25, -0.2) is 4.21 Å². The van der Waals surface area contributed by atoms with E-state index in [1.54, 1.807) is 0 Å². The molecule has 1 unspecified atom stereocenters.